The highest BCUT2D eigenvalue weighted by atomic mass is 16.5. The molecule has 19 heavy (non-hydrogen) atoms. The number of hydrogen-bond donors (Lipinski definition) is 0. The van der Waals surface area contributed by atoms with E-state index >= 15 is 0 Å². The Labute approximate surface area is 111 Å². The number of fused-ring (bicyclic) bond motifs is 1. The first-order valence-electron chi connectivity index (χ1n) is 6.15. The molecule has 0 spiro atoms. The van der Waals surface area contributed by atoms with E-state index in [1.54, 1.807) is 4.52 Å². The number of rotatable bonds is 5. The Kier molecular flexibility index (Phi) is 3.94. The van der Waals surface area contributed by atoms with Gasteiger partial charge in [0.2, 0.25) is 0 Å². The van der Waals surface area contributed by atoms with Gasteiger partial charge in [0.1, 0.15) is 12.1 Å². The van der Waals surface area contributed by atoms with Crippen LogP contribution in [0.15, 0.2) is 12.4 Å². The van der Waals surface area contributed by atoms with E-state index in [2.05, 4.69) is 19.8 Å². The van der Waals surface area contributed by atoms with E-state index in [-0.39, 0.29) is 5.97 Å². The van der Waals surface area contributed by atoms with Gasteiger partial charge in [-0.2, -0.15) is 14.6 Å². The lowest BCUT2D eigenvalue weighted by Crippen LogP contribution is -2.28. The van der Waals surface area contributed by atoms with E-state index in [9.17, 15) is 4.79 Å². The van der Waals surface area contributed by atoms with Gasteiger partial charge >= 0.3 is 5.97 Å². The number of methoxy groups -OCH3 is 1. The molecule has 2 aromatic rings. The summed E-state index contributed by atoms with van der Waals surface area (Å²) in [7, 11) is 1.39. The van der Waals surface area contributed by atoms with E-state index < -0.39 is 0 Å². The lowest BCUT2D eigenvalue weighted by atomic mass is 10.3. The number of ether oxygens (including phenoxy) is 1. The zero-order valence-electron chi connectivity index (χ0n) is 11.3. The van der Waals surface area contributed by atoms with Crippen LogP contribution < -0.4 is 4.90 Å². The Morgan fingerprint density at radius 2 is 2.32 bits per heavy atom. The molecule has 0 aliphatic carbocycles. The van der Waals surface area contributed by atoms with Crippen molar-refractivity contribution < 1.29 is 9.53 Å². The lowest BCUT2D eigenvalue weighted by molar-refractivity contribution is -0.140. The predicted octanol–water partition coefficient (Wildman–Crippen LogP) is 0.822. The maximum atomic E-state index is 11.2. The van der Waals surface area contributed by atoms with Crippen molar-refractivity contribution in [1.82, 2.24) is 19.6 Å². The second-order valence-corrected chi connectivity index (χ2v) is 4.13. The Balaban J connectivity index is 2.29. The van der Waals surface area contributed by atoms with E-state index in [4.69, 9.17) is 0 Å². The van der Waals surface area contributed by atoms with Crippen LogP contribution in [0.5, 0.6) is 0 Å². The van der Waals surface area contributed by atoms with E-state index in [1.165, 1.54) is 13.4 Å². The van der Waals surface area contributed by atoms with Gasteiger partial charge in [-0.25, -0.2) is 4.98 Å². The Morgan fingerprint density at radius 3 is 3.00 bits per heavy atom. The topological polar surface area (TPSA) is 72.6 Å². The molecule has 102 valence electrons. The van der Waals surface area contributed by atoms with E-state index in [0.717, 1.165) is 18.1 Å². The monoisotopic (exact) mass is 263 g/mol. The SMILES string of the molecule is CCN(CCC(=O)OC)c1cc(C)nc2ncnn12. The quantitative estimate of drug-likeness (QED) is 0.744. The summed E-state index contributed by atoms with van der Waals surface area (Å²) in [4.78, 5) is 21.7. The summed E-state index contributed by atoms with van der Waals surface area (Å²) < 4.78 is 6.34. The molecular formula is C12H17N5O2. The fourth-order valence-electron chi connectivity index (χ4n) is 1.90. The van der Waals surface area contributed by atoms with Crippen LogP contribution in [0.1, 0.15) is 19.0 Å². The summed E-state index contributed by atoms with van der Waals surface area (Å²) in [5.74, 6) is 1.22. The van der Waals surface area contributed by atoms with Gasteiger partial charge < -0.3 is 9.64 Å². The van der Waals surface area contributed by atoms with Crippen molar-refractivity contribution >= 4 is 17.6 Å². The molecule has 0 aliphatic heterocycles. The van der Waals surface area contributed by atoms with Crippen molar-refractivity contribution in [3.63, 3.8) is 0 Å². The number of carbonyl (C=O) groups excluding carboxylic acids is 1. The lowest BCUT2D eigenvalue weighted by Gasteiger charge is -2.22. The van der Waals surface area contributed by atoms with Crippen LogP contribution in [0, 0.1) is 6.92 Å². The Bertz CT molecular complexity index is 581. The molecule has 0 atom stereocenters. The maximum Gasteiger partial charge on any atom is 0.307 e. The van der Waals surface area contributed by atoms with Crippen LogP contribution in [-0.2, 0) is 9.53 Å². The molecular weight excluding hydrogens is 246 g/mol. The second kappa shape index (κ2) is 5.64. The molecule has 2 aromatic heterocycles. The van der Waals surface area contributed by atoms with Crippen LogP contribution >= 0.6 is 0 Å². The van der Waals surface area contributed by atoms with Gasteiger partial charge in [-0.1, -0.05) is 0 Å². The molecule has 0 saturated carbocycles. The largest absolute Gasteiger partial charge is 0.469 e. The number of hydrogen-bond acceptors (Lipinski definition) is 6. The second-order valence-electron chi connectivity index (χ2n) is 4.13. The Hall–Kier alpha value is -2.18. The summed E-state index contributed by atoms with van der Waals surface area (Å²) in [6.07, 6.45) is 1.81. The van der Waals surface area contributed by atoms with Gasteiger partial charge in [-0.15, -0.1) is 0 Å². The van der Waals surface area contributed by atoms with Crippen molar-refractivity contribution in [2.75, 3.05) is 25.1 Å². The highest BCUT2D eigenvalue weighted by molar-refractivity contribution is 5.70. The summed E-state index contributed by atoms with van der Waals surface area (Å²) in [6.45, 7) is 5.26. The summed E-state index contributed by atoms with van der Waals surface area (Å²) in [6, 6.07) is 1.93. The van der Waals surface area contributed by atoms with Crippen LogP contribution in [0.25, 0.3) is 5.78 Å². The average Bonchev–Trinajstić information content (AvgIpc) is 2.86. The molecule has 0 unspecified atom stereocenters. The average molecular weight is 263 g/mol. The molecule has 7 nitrogen and oxygen atoms in total. The molecule has 0 aromatic carbocycles. The number of anilines is 1. The molecule has 0 fully saturated rings. The molecule has 0 saturated heterocycles. The van der Waals surface area contributed by atoms with Gasteiger partial charge in [0.25, 0.3) is 5.78 Å². The van der Waals surface area contributed by atoms with Crippen molar-refractivity contribution in [1.29, 1.82) is 0 Å². The number of aromatic nitrogens is 4. The van der Waals surface area contributed by atoms with E-state index in [0.29, 0.717) is 18.7 Å². The number of carbonyl (C=O) groups is 1. The molecule has 0 bridgehead atoms. The Morgan fingerprint density at radius 1 is 1.53 bits per heavy atom. The third-order valence-corrected chi connectivity index (χ3v) is 2.88. The highest BCUT2D eigenvalue weighted by Gasteiger charge is 2.13. The van der Waals surface area contributed by atoms with Crippen molar-refractivity contribution in [2.45, 2.75) is 20.3 Å². The molecule has 0 aliphatic rings. The van der Waals surface area contributed by atoms with Crippen LogP contribution in [0.4, 0.5) is 5.82 Å². The third kappa shape index (κ3) is 2.81. The van der Waals surface area contributed by atoms with Gasteiger partial charge in [-0.3, -0.25) is 4.79 Å². The minimum atomic E-state index is -0.223. The summed E-state index contributed by atoms with van der Waals surface area (Å²) in [5.41, 5.74) is 0.868. The third-order valence-electron chi connectivity index (χ3n) is 2.88. The highest BCUT2D eigenvalue weighted by Crippen LogP contribution is 2.16. The van der Waals surface area contributed by atoms with Gasteiger partial charge in [0.05, 0.1) is 13.5 Å². The van der Waals surface area contributed by atoms with Crippen molar-refractivity contribution in [3.8, 4) is 0 Å². The van der Waals surface area contributed by atoms with Crippen molar-refractivity contribution in [3.05, 3.63) is 18.1 Å². The number of esters is 1. The zero-order valence-corrected chi connectivity index (χ0v) is 11.3. The fourth-order valence-corrected chi connectivity index (χ4v) is 1.90. The first-order valence-corrected chi connectivity index (χ1v) is 6.15. The fraction of sp³-hybridized carbons (Fsp3) is 0.500. The maximum absolute atomic E-state index is 11.2. The van der Waals surface area contributed by atoms with Gasteiger partial charge in [0.15, 0.2) is 0 Å². The van der Waals surface area contributed by atoms with E-state index in [1.807, 2.05) is 24.8 Å². The smallest absolute Gasteiger partial charge is 0.307 e. The van der Waals surface area contributed by atoms with Crippen LogP contribution in [0.3, 0.4) is 0 Å². The molecule has 0 N–H and O–H groups in total. The molecule has 2 rings (SSSR count). The molecule has 2 heterocycles. The first kappa shape index (κ1) is 13.3. The van der Waals surface area contributed by atoms with Gasteiger partial charge in [-0.05, 0) is 13.8 Å². The van der Waals surface area contributed by atoms with Crippen LogP contribution in [-0.4, -0.2) is 45.8 Å². The summed E-state index contributed by atoms with van der Waals surface area (Å²) >= 11 is 0. The molecule has 0 radical (unpaired) electrons. The predicted molar refractivity (Wildman–Crippen MR) is 70.0 cm³/mol. The summed E-state index contributed by atoms with van der Waals surface area (Å²) in [5, 5.41) is 4.16. The molecule has 0 amide bonds. The van der Waals surface area contributed by atoms with Gasteiger partial charge in [0, 0.05) is 24.8 Å². The minimum absolute atomic E-state index is 0.223. The normalized spacial score (nSPS) is 10.7. The number of aryl methyl sites for hydroxylation is 1. The number of nitrogens with zero attached hydrogens (tertiary/aromatic N) is 5. The van der Waals surface area contributed by atoms with Crippen molar-refractivity contribution in [2.24, 2.45) is 0 Å². The van der Waals surface area contributed by atoms with Crippen LogP contribution in [0.2, 0.25) is 0 Å². The minimum Gasteiger partial charge on any atom is -0.469 e. The molecule has 7 heteroatoms. The first-order chi connectivity index (χ1) is 9.15. The standard InChI is InChI=1S/C12H17N5O2/c1-4-16(6-5-11(18)19-3)10-7-9(2)15-12-13-8-14-17(10)12/h7-8H,4-6H2,1-3H3. The zero-order chi connectivity index (χ0) is 13.8.